The second-order valence-electron chi connectivity index (χ2n) is 3.74. The Morgan fingerprint density at radius 3 is 2.88 bits per heavy atom. The van der Waals surface area contributed by atoms with E-state index in [1.165, 1.54) is 11.8 Å². The summed E-state index contributed by atoms with van der Waals surface area (Å²) in [5.41, 5.74) is 2.89. The van der Waals surface area contributed by atoms with Gasteiger partial charge in [0, 0.05) is 13.2 Å². The first kappa shape index (κ1) is 11.3. The van der Waals surface area contributed by atoms with Gasteiger partial charge in [0.2, 0.25) is 0 Å². The van der Waals surface area contributed by atoms with Crippen LogP contribution in [0.2, 0.25) is 0 Å². The van der Waals surface area contributed by atoms with Gasteiger partial charge in [-0.25, -0.2) is 4.79 Å². The van der Waals surface area contributed by atoms with E-state index in [0.29, 0.717) is 11.3 Å². The van der Waals surface area contributed by atoms with Crippen molar-refractivity contribution >= 4 is 5.97 Å². The van der Waals surface area contributed by atoms with E-state index in [9.17, 15) is 4.79 Å². The molecule has 0 atom stereocenters. The number of carbonyl (C=O) groups excluding carboxylic acids is 1. The third-order valence-electron chi connectivity index (χ3n) is 2.51. The highest BCUT2D eigenvalue weighted by Crippen LogP contribution is 2.22. The number of ether oxygens (including phenoxy) is 1. The highest BCUT2D eigenvalue weighted by molar-refractivity contribution is 5.94. The average Bonchev–Trinajstić information content (AvgIpc) is 2.70. The maximum atomic E-state index is 11.7. The molecule has 0 spiro atoms. The number of aryl methyl sites for hydroxylation is 2. The first-order chi connectivity index (χ1) is 8.13. The van der Waals surface area contributed by atoms with Gasteiger partial charge in [0.15, 0.2) is 5.69 Å². The second-order valence-corrected chi connectivity index (χ2v) is 3.74. The smallest absolute Gasteiger partial charge is 0.357 e. The van der Waals surface area contributed by atoms with Gasteiger partial charge in [-0.05, 0) is 24.6 Å². The van der Waals surface area contributed by atoms with Crippen molar-refractivity contribution in [2.75, 3.05) is 7.11 Å². The first-order valence-electron chi connectivity index (χ1n) is 5.17. The Balaban J connectivity index is 2.57. The zero-order chi connectivity index (χ0) is 12.4. The molecule has 5 heteroatoms. The summed E-state index contributed by atoms with van der Waals surface area (Å²) in [7, 11) is 3.05. The topological polar surface area (TPSA) is 57.0 Å². The Morgan fingerprint density at radius 1 is 1.47 bits per heavy atom. The number of rotatable bonds is 2. The normalized spacial score (nSPS) is 10.3. The molecule has 0 fully saturated rings. The Bertz CT molecular complexity index is 561. The number of hydrogen-bond donors (Lipinski definition) is 0. The van der Waals surface area contributed by atoms with Crippen molar-refractivity contribution in [1.29, 1.82) is 0 Å². The van der Waals surface area contributed by atoms with Crippen LogP contribution in [0.25, 0.3) is 11.3 Å². The van der Waals surface area contributed by atoms with E-state index in [2.05, 4.69) is 10.1 Å². The highest BCUT2D eigenvalue weighted by atomic mass is 16.5. The van der Waals surface area contributed by atoms with E-state index in [-0.39, 0.29) is 0 Å². The van der Waals surface area contributed by atoms with Crippen molar-refractivity contribution in [3.05, 3.63) is 35.8 Å². The molecule has 17 heavy (non-hydrogen) atoms. The molecule has 0 radical (unpaired) electrons. The van der Waals surface area contributed by atoms with Crippen LogP contribution in [0.3, 0.4) is 0 Å². The quantitative estimate of drug-likeness (QED) is 0.736. The Labute approximate surface area is 99.1 Å². The fourth-order valence-electron chi connectivity index (χ4n) is 1.65. The number of aromatic nitrogens is 3. The van der Waals surface area contributed by atoms with Crippen LogP contribution in [-0.2, 0) is 11.8 Å². The average molecular weight is 231 g/mol. The van der Waals surface area contributed by atoms with E-state index >= 15 is 0 Å². The number of methoxy groups -OCH3 is 1. The lowest BCUT2D eigenvalue weighted by Crippen LogP contribution is -2.09. The van der Waals surface area contributed by atoms with Crippen molar-refractivity contribution in [3.63, 3.8) is 0 Å². The molecule has 0 amide bonds. The number of hydrogen-bond acceptors (Lipinski definition) is 4. The number of carbonyl (C=O) groups is 1. The Hall–Kier alpha value is -2.17. The maximum absolute atomic E-state index is 11.7. The molecule has 0 unspecified atom stereocenters. The van der Waals surface area contributed by atoms with Gasteiger partial charge in [-0.3, -0.25) is 9.67 Å². The summed E-state index contributed by atoms with van der Waals surface area (Å²) in [6.45, 7) is 1.97. The second kappa shape index (κ2) is 4.37. The summed E-state index contributed by atoms with van der Waals surface area (Å²) in [5, 5.41) is 4.07. The third-order valence-corrected chi connectivity index (χ3v) is 2.51. The largest absolute Gasteiger partial charge is 0.464 e. The highest BCUT2D eigenvalue weighted by Gasteiger charge is 2.19. The first-order valence-corrected chi connectivity index (χ1v) is 5.17. The lowest BCUT2D eigenvalue weighted by molar-refractivity contribution is 0.0589. The van der Waals surface area contributed by atoms with Crippen LogP contribution >= 0.6 is 0 Å². The van der Waals surface area contributed by atoms with E-state index in [1.54, 1.807) is 19.4 Å². The molecule has 0 N–H and O–H groups in total. The van der Waals surface area contributed by atoms with Gasteiger partial charge in [0.25, 0.3) is 0 Å². The minimum absolute atomic E-state index is 0.408. The van der Waals surface area contributed by atoms with Crippen molar-refractivity contribution in [2.45, 2.75) is 6.92 Å². The Kier molecular flexibility index (Phi) is 2.91. The Morgan fingerprint density at radius 2 is 2.24 bits per heavy atom. The van der Waals surface area contributed by atoms with Gasteiger partial charge in [0.1, 0.15) is 0 Å². The minimum atomic E-state index is -0.414. The summed E-state index contributed by atoms with van der Waals surface area (Å²) < 4.78 is 6.23. The molecule has 2 rings (SSSR count). The fourth-order valence-corrected chi connectivity index (χ4v) is 1.65. The molecule has 2 heterocycles. The van der Waals surface area contributed by atoms with Crippen LogP contribution in [0.1, 0.15) is 16.1 Å². The predicted octanol–water partition coefficient (Wildman–Crippen LogP) is 1.58. The van der Waals surface area contributed by atoms with Gasteiger partial charge >= 0.3 is 5.97 Å². The third kappa shape index (κ3) is 2.04. The molecule has 0 aliphatic heterocycles. The zero-order valence-corrected chi connectivity index (χ0v) is 9.97. The summed E-state index contributed by atoms with van der Waals surface area (Å²) >= 11 is 0. The van der Waals surface area contributed by atoms with E-state index in [4.69, 9.17) is 4.74 Å². The van der Waals surface area contributed by atoms with E-state index in [1.807, 2.05) is 19.1 Å². The van der Waals surface area contributed by atoms with Crippen molar-refractivity contribution in [3.8, 4) is 11.3 Å². The molecule has 2 aromatic heterocycles. The molecule has 0 saturated carbocycles. The van der Waals surface area contributed by atoms with E-state index < -0.39 is 5.97 Å². The van der Waals surface area contributed by atoms with Crippen LogP contribution in [0.15, 0.2) is 24.5 Å². The molecule has 88 valence electrons. The summed E-state index contributed by atoms with van der Waals surface area (Å²) in [6, 6.07) is 3.81. The van der Waals surface area contributed by atoms with Crippen LogP contribution < -0.4 is 0 Å². The van der Waals surface area contributed by atoms with Crippen molar-refractivity contribution < 1.29 is 9.53 Å². The lowest BCUT2D eigenvalue weighted by atomic mass is 10.1. The SMILES string of the molecule is COC(=O)c1c(-c2cc(C)ccn2)cnn1C. The van der Waals surface area contributed by atoms with Gasteiger partial charge < -0.3 is 4.74 Å². The van der Waals surface area contributed by atoms with E-state index in [0.717, 1.165) is 11.3 Å². The minimum Gasteiger partial charge on any atom is -0.464 e. The molecular formula is C12H13N3O2. The molecule has 0 saturated heterocycles. The molecule has 0 aromatic carbocycles. The lowest BCUT2D eigenvalue weighted by Gasteiger charge is -2.04. The van der Waals surface area contributed by atoms with Crippen LogP contribution in [-0.4, -0.2) is 27.8 Å². The fraction of sp³-hybridized carbons (Fsp3) is 0.250. The van der Waals surface area contributed by atoms with Gasteiger partial charge in [0.05, 0.1) is 24.6 Å². The monoisotopic (exact) mass is 231 g/mol. The molecular weight excluding hydrogens is 218 g/mol. The molecule has 2 aromatic rings. The van der Waals surface area contributed by atoms with Crippen LogP contribution in [0.4, 0.5) is 0 Å². The van der Waals surface area contributed by atoms with Gasteiger partial charge in [-0.15, -0.1) is 0 Å². The number of nitrogens with zero attached hydrogens (tertiary/aromatic N) is 3. The number of esters is 1. The standard InChI is InChI=1S/C12H13N3O2/c1-8-4-5-13-10(6-8)9-7-14-15(2)11(9)12(16)17-3/h4-7H,1-3H3. The summed E-state index contributed by atoms with van der Waals surface area (Å²) in [4.78, 5) is 15.9. The zero-order valence-electron chi connectivity index (χ0n) is 9.97. The molecule has 5 nitrogen and oxygen atoms in total. The maximum Gasteiger partial charge on any atom is 0.357 e. The predicted molar refractivity (Wildman–Crippen MR) is 62.5 cm³/mol. The summed E-state index contributed by atoms with van der Waals surface area (Å²) in [5.74, 6) is -0.414. The summed E-state index contributed by atoms with van der Waals surface area (Å²) in [6.07, 6.45) is 3.33. The molecule has 0 aliphatic carbocycles. The van der Waals surface area contributed by atoms with Crippen LogP contribution in [0.5, 0.6) is 0 Å². The molecule has 0 aliphatic rings. The van der Waals surface area contributed by atoms with Crippen molar-refractivity contribution in [1.82, 2.24) is 14.8 Å². The molecule has 0 bridgehead atoms. The van der Waals surface area contributed by atoms with Crippen LogP contribution in [0, 0.1) is 6.92 Å². The number of pyridine rings is 1. The van der Waals surface area contributed by atoms with Gasteiger partial charge in [-0.1, -0.05) is 0 Å². The van der Waals surface area contributed by atoms with Gasteiger partial charge in [-0.2, -0.15) is 5.10 Å². The van der Waals surface area contributed by atoms with Crippen molar-refractivity contribution in [2.24, 2.45) is 7.05 Å².